The molecule has 8 nitrogen and oxygen atoms in total. The summed E-state index contributed by atoms with van der Waals surface area (Å²) in [5.41, 5.74) is -0.346. The molecule has 1 saturated heterocycles. The van der Waals surface area contributed by atoms with E-state index in [0.29, 0.717) is 37.1 Å². The topological polar surface area (TPSA) is 114 Å². The van der Waals surface area contributed by atoms with Crippen LogP contribution in [0.2, 0.25) is 5.02 Å². The van der Waals surface area contributed by atoms with Crippen molar-refractivity contribution in [3.8, 4) is 0 Å². The van der Waals surface area contributed by atoms with Gasteiger partial charge >= 0.3 is 6.09 Å². The average Bonchev–Trinajstić information content (AvgIpc) is 2.85. The molecule has 3 rings (SSSR count). The molecule has 2 atom stereocenters. The van der Waals surface area contributed by atoms with Crippen LogP contribution in [0.5, 0.6) is 0 Å². The number of rotatable bonds is 2. The summed E-state index contributed by atoms with van der Waals surface area (Å²) < 4.78 is 5.86. The van der Waals surface area contributed by atoms with Crippen LogP contribution >= 0.6 is 11.6 Å². The van der Waals surface area contributed by atoms with Crippen LogP contribution in [-0.4, -0.2) is 42.3 Å². The van der Waals surface area contributed by atoms with E-state index >= 15 is 0 Å². The molecule has 35 heavy (non-hydrogen) atoms. The monoisotopic (exact) mass is 505 g/mol. The summed E-state index contributed by atoms with van der Waals surface area (Å²) in [7, 11) is 0. The van der Waals surface area contributed by atoms with Crippen LogP contribution in [0, 0.1) is 0 Å². The Balaban J connectivity index is 1.81. The van der Waals surface area contributed by atoms with Crippen molar-refractivity contribution in [2.45, 2.75) is 94.7 Å². The molecule has 3 amide bonds. The first kappa shape index (κ1) is 27.0. The van der Waals surface area contributed by atoms with E-state index in [-0.39, 0.29) is 18.7 Å². The third-order valence-corrected chi connectivity index (χ3v) is 7.07. The number of cyclic esters (lactones) is 1. The zero-order chi connectivity index (χ0) is 25.1. The summed E-state index contributed by atoms with van der Waals surface area (Å²) in [5.74, 6) is -0.547. The number of carbonyl (C=O) groups is 4. The standard InChI is InChI=1S/C26H36ClN3O5/c27-20-10-8-9-19(17-20)22-11-4-1-2-7-16-28-23(32)13-12-21(18-31)29-24(33)26(30-25(34)35-22)14-5-3-6-15-26/h8-10,17-18,21-22H,1-7,11-16H2,(H,28,32)(H,29,33)(H,30,34)/t21-,22?/m0/s1. The molecule has 9 heteroatoms. The fourth-order valence-electron chi connectivity index (χ4n) is 4.81. The predicted molar refractivity (Wildman–Crippen MR) is 133 cm³/mol. The number of benzene rings is 1. The van der Waals surface area contributed by atoms with Crippen LogP contribution in [0.3, 0.4) is 0 Å². The van der Waals surface area contributed by atoms with Gasteiger partial charge in [0.05, 0.1) is 6.04 Å². The molecule has 1 saturated carbocycles. The SMILES string of the molecule is O=C[C@@H]1CCC(=O)NCCCCCCC(c2cccc(Cl)c2)OC(=O)NC2(CCCCC2)C(=O)N1. The minimum atomic E-state index is -1.15. The van der Waals surface area contributed by atoms with Crippen molar-refractivity contribution in [2.24, 2.45) is 0 Å². The van der Waals surface area contributed by atoms with Crippen LogP contribution in [-0.2, 0) is 19.1 Å². The first-order valence-corrected chi connectivity index (χ1v) is 13.1. The van der Waals surface area contributed by atoms with E-state index in [2.05, 4.69) is 16.0 Å². The summed E-state index contributed by atoms with van der Waals surface area (Å²) in [6.07, 6.45) is 7.44. The average molecular weight is 506 g/mol. The van der Waals surface area contributed by atoms with Crippen molar-refractivity contribution < 1.29 is 23.9 Å². The van der Waals surface area contributed by atoms with Crippen LogP contribution in [0.1, 0.15) is 88.7 Å². The molecule has 1 spiro atoms. The van der Waals surface area contributed by atoms with Gasteiger partial charge in [-0.25, -0.2) is 4.79 Å². The van der Waals surface area contributed by atoms with Gasteiger partial charge in [0.2, 0.25) is 11.8 Å². The maximum Gasteiger partial charge on any atom is 0.408 e. The molecular weight excluding hydrogens is 470 g/mol. The smallest absolute Gasteiger partial charge is 0.408 e. The van der Waals surface area contributed by atoms with Crippen molar-refractivity contribution in [2.75, 3.05) is 6.54 Å². The van der Waals surface area contributed by atoms with Gasteiger partial charge in [-0.15, -0.1) is 0 Å². The Hall–Kier alpha value is -2.61. The fourth-order valence-corrected chi connectivity index (χ4v) is 5.01. The van der Waals surface area contributed by atoms with Gasteiger partial charge in [-0.2, -0.15) is 0 Å². The second kappa shape index (κ2) is 13.5. The van der Waals surface area contributed by atoms with Crippen LogP contribution < -0.4 is 16.0 Å². The Labute approximate surface area is 211 Å². The Bertz CT molecular complexity index is 887. The number of ether oxygens (including phenoxy) is 1. The van der Waals surface area contributed by atoms with E-state index in [0.717, 1.165) is 50.5 Å². The quantitative estimate of drug-likeness (QED) is 0.517. The molecular formula is C26H36ClN3O5. The van der Waals surface area contributed by atoms with E-state index in [1.807, 2.05) is 12.1 Å². The number of alkyl carbamates (subject to hydrolysis) is 1. The Kier molecular flexibility index (Phi) is 10.4. The lowest BCUT2D eigenvalue weighted by Gasteiger charge is -2.37. The molecule has 0 aromatic heterocycles. The molecule has 192 valence electrons. The van der Waals surface area contributed by atoms with Crippen molar-refractivity contribution in [1.82, 2.24) is 16.0 Å². The van der Waals surface area contributed by atoms with Gasteiger partial charge in [-0.1, -0.05) is 55.8 Å². The van der Waals surface area contributed by atoms with E-state index < -0.39 is 29.7 Å². The summed E-state index contributed by atoms with van der Waals surface area (Å²) in [6, 6.07) is 6.46. The van der Waals surface area contributed by atoms with Gasteiger partial charge in [0, 0.05) is 18.0 Å². The number of hydrogen-bond donors (Lipinski definition) is 3. The highest BCUT2D eigenvalue weighted by Gasteiger charge is 2.42. The van der Waals surface area contributed by atoms with Crippen LogP contribution in [0.4, 0.5) is 4.79 Å². The minimum absolute atomic E-state index is 0.137. The molecule has 3 N–H and O–H groups in total. The largest absolute Gasteiger partial charge is 0.441 e. The van der Waals surface area contributed by atoms with Gasteiger partial charge in [0.25, 0.3) is 0 Å². The van der Waals surface area contributed by atoms with E-state index in [1.165, 1.54) is 0 Å². The number of hydrogen-bond acceptors (Lipinski definition) is 5. The van der Waals surface area contributed by atoms with Crippen molar-refractivity contribution in [3.05, 3.63) is 34.9 Å². The number of aldehydes is 1. The highest BCUT2D eigenvalue weighted by Crippen LogP contribution is 2.31. The summed E-state index contributed by atoms with van der Waals surface area (Å²) in [4.78, 5) is 50.2. The van der Waals surface area contributed by atoms with Gasteiger partial charge in [0.1, 0.15) is 17.9 Å². The van der Waals surface area contributed by atoms with Crippen LogP contribution in [0.15, 0.2) is 24.3 Å². The van der Waals surface area contributed by atoms with Gasteiger partial charge in [0.15, 0.2) is 0 Å². The summed E-state index contributed by atoms with van der Waals surface area (Å²) in [6.45, 7) is 0.566. The number of carbonyl (C=O) groups excluding carboxylic acids is 4. The van der Waals surface area contributed by atoms with E-state index in [9.17, 15) is 19.2 Å². The highest BCUT2D eigenvalue weighted by molar-refractivity contribution is 6.30. The lowest BCUT2D eigenvalue weighted by molar-refractivity contribution is -0.131. The molecule has 1 unspecified atom stereocenters. The van der Waals surface area contributed by atoms with E-state index in [1.54, 1.807) is 12.1 Å². The van der Waals surface area contributed by atoms with E-state index in [4.69, 9.17) is 16.3 Å². The Morgan fingerprint density at radius 2 is 1.71 bits per heavy atom. The molecule has 0 bridgehead atoms. The molecule has 2 fully saturated rings. The number of halogens is 1. The Morgan fingerprint density at radius 1 is 0.971 bits per heavy atom. The van der Waals surface area contributed by atoms with Crippen molar-refractivity contribution in [3.63, 3.8) is 0 Å². The molecule has 1 aromatic carbocycles. The van der Waals surface area contributed by atoms with Crippen molar-refractivity contribution in [1.29, 1.82) is 0 Å². The number of amides is 3. The maximum absolute atomic E-state index is 13.3. The van der Waals surface area contributed by atoms with Gasteiger partial charge in [-0.3, -0.25) is 9.59 Å². The van der Waals surface area contributed by atoms with Crippen molar-refractivity contribution >= 4 is 35.8 Å². The zero-order valence-electron chi connectivity index (χ0n) is 20.2. The van der Waals surface area contributed by atoms with Gasteiger partial charge in [-0.05, 0) is 56.2 Å². The molecule has 1 aliphatic heterocycles. The van der Waals surface area contributed by atoms with Crippen LogP contribution in [0.25, 0.3) is 0 Å². The second-order valence-corrected chi connectivity index (χ2v) is 9.96. The van der Waals surface area contributed by atoms with Gasteiger partial charge < -0.3 is 25.5 Å². The summed E-state index contributed by atoms with van der Waals surface area (Å²) >= 11 is 6.18. The fraction of sp³-hybridized carbons (Fsp3) is 0.615. The first-order chi connectivity index (χ1) is 16.9. The first-order valence-electron chi connectivity index (χ1n) is 12.7. The summed E-state index contributed by atoms with van der Waals surface area (Å²) in [5, 5.41) is 9.04. The normalized spacial score (nSPS) is 25.2. The number of nitrogens with one attached hydrogen (secondary N) is 3. The zero-order valence-corrected chi connectivity index (χ0v) is 20.9. The lowest BCUT2D eigenvalue weighted by Crippen LogP contribution is -2.61. The Morgan fingerprint density at radius 3 is 2.46 bits per heavy atom. The minimum Gasteiger partial charge on any atom is -0.441 e. The highest BCUT2D eigenvalue weighted by atomic mass is 35.5. The third-order valence-electron chi connectivity index (χ3n) is 6.83. The molecule has 0 radical (unpaired) electrons. The molecule has 2 aliphatic rings. The third kappa shape index (κ3) is 8.23. The molecule has 1 heterocycles. The lowest BCUT2D eigenvalue weighted by atomic mass is 9.80. The molecule has 1 aliphatic carbocycles. The predicted octanol–water partition coefficient (Wildman–Crippen LogP) is 4.35. The molecule has 1 aromatic rings. The second-order valence-electron chi connectivity index (χ2n) is 9.52. The maximum atomic E-state index is 13.3.